The first-order chi connectivity index (χ1) is 7.96. The molecule has 0 saturated heterocycles. The van der Waals surface area contributed by atoms with Crippen molar-refractivity contribution in [1.29, 1.82) is 0 Å². The number of aliphatic hydroxyl groups excluding tert-OH is 2. The molecule has 4 unspecified atom stereocenters. The third-order valence-electron chi connectivity index (χ3n) is 3.79. The van der Waals surface area contributed by atoms with Crippen molar-refractivity contribution in [2.45, 2.75) is 52.9 Å². The molecule has 0 aliphatic carbocycles. The minimum Gasteiger partial charge on any atom is -0.396 e. The van der Waals surface area contributed by atoms with Gasteiger partial charge in [0, 0.05) is 17.8 Å². The number of thiol groups is 2. The van der Waals surface area contributed by atoms with Crippen molar-refractivity contribution in [3.8, 4) is 0 Å². The maximum Gasteiger partial charge on any atom is 0.0714 e. The minimum atomic E-state index is -0.630. The van der Waals surface area contributed by atoms with Crippen LogP contribution in [0.25, 0.3) is 0 Å². The minimum absolute atomic E-state index is 0.0227. The maximum atomic E-state index is 10.5. The molecule has 18 heavy (non-hydrogen) atoms. The molecule has 0 radical (unpaired) electrons. The lowest BCUT2D eigenvalue weighted by atomic mass is 9.71. The van der Waals surface area contributed by atoms with Crippen molar-refractivity contribution < 1.29 is 10.2 Å². The van der Waals surface area contributed by atoms with E-state index in [0.29, 0.717) is 5.75 Å². The van der Waals surface area contributed by atoms with Crippen LogP contribution >= 0.6 is 25.3 Å². The van der Waals surface area contributed by atoms with E-state index in [1.165, 1.54) is 0 Å². The first-order valence-corrected chi connectivity index (χ1v) is 7.69. The van der Waals surface area contributed by atoms with E-state index >= 15 is 0 Å². The van der Waals surface area contributed by atoms with Gasteiger partial charge in [0.15, 0.2) is 0 Å². The van der Waals surface area contributed by atoms with Crippen LogP contribution in [0.15, 0.2) is 0 Å². The summed E-state index contributed by atoms with van der Waals surface area (Å²) in [4.78, 5) is 0. The van der Waals surface area contributed by atoms with Gasteiger partial charge in [-0.2, -0.15) is 25.3 Å². The third kappa shape index (κ3) is 4.95. The first-order valence-electron chi connectivity index (χ1n) is 6.54. The zero-order valence-electron chi connectivity index (χ0n) is 12.5. The molecule has 0 spiro atoms. The Labute approximate surface area is 123 Å². The maximum absolute atomic E-state index is 10.5. The Bertz CT molecular complexity index is 217. The van der Waals surface area contributed by atoms with Crippen molar-refractivity contribution >= 4 is 25.3 Å². The molecule has 2 nitrogen and oxygen atoms in total. The molecule has 0 fully saturated rings. The molecule has 0 bridgehead atoms. The van der Waals surface area contributed by atoms with Gasteiger partial charge in [-0.05, 0) is 22.5 Å². The van der Waals surface area contributed by atoms with Gasteiger partial charge in [0.05, 0.1) is 6.10 Å². The van der Waals surface area contributed by atoms with Gasteiger partial charge < -0.3 is 10.2 Å². The van der Waals surface area contributed by atoms with Gasteiger partial charge in [-0.25, -0.2) is 0 Å². The highest BCUT2D eigenvalue weighted by molar-refractivity contribution is 7.81. The lowest BCUT2D eigenvalue weighted by Gasteiger charge is -2.41. The second-order valence-corrected chi connectivity index (χ2v) is 8.25. The van der Waals surface area contributed by atoms with Crippen molar-refractivity contribution in [2.24, 2.45) is 22.7 Å². The lowest BCUT2D eigenvalue weighted by molar-refractivity contribution is -0.00951. The van der Waals surface area contributed by atoms with Crippen molar-refractivity contribution in [2.75, 3.05) is 12.4 Å². The van der Waals surface area contributed by atoms with E-state index in [2.05, 4.69) is 46.0 Å². The number of hydrogen-bond acceptors (Lipinski definition) is 4. The highest BCUT2D eigenvalue weighted by Crippen LogP contribution is 2.38. The van der Waals surface area contributed by atoms with Crippen LogP contribution in [0.4, 0.5) is 0 Å². The van der Waals surface area contributed by atoms with Crippen LogP contribution < -0.4 is 0 Å². The molecule has 0 aromatic carbocycles. The molecule has 0 aliphatic rings. The zero-order chi connectivity index (χ0) is 14.7. The molecule has 0 aliphatic heterocycles. The van der Waals surface area contributed by atoms with Gasteiger partial charge in [-0.15, -0.1) is 0 Å². The van der Waals surface area contributed by atoms with E-state index in [4.69, 9.17) is 0 Å². The largest absolute Gasteiger partial charge is 0.396 e. The van der Waals surface area contributed by atoms with E-state index in [-0.39, 0.29) is 34.5 Å². The molecule has 2 N–H and O–H groups in total. The number of hydrogen-bond donors (Lipinski definition) is 4. The molecule has 4 atom stereocenters. The third-order valence-corrected chi connectivity index (χ3v) is 4.85. The standard InChI is InChI=1S/C14H30O2S2/c1-13(2,3)9(7-15)11(16)12(18)10(8-17)14(4,5)6/h9-12,15-18H,7-8H2,1-6H3. The second kappa shape index (κ2) is 6.87. The summed E-state index contributed by atoms with van der Waals surface area (Å²) in [5.74, 6) is 0.692. The summed E-state index contributed by atoms with van der Waals surface area (Å²) in [6.45, 7) is 12.5. The Kier molecular flexibility index (Phi) is 7.10. The van der Waals surface area contributed by atoms with Crippen LogP contribution in [0.5, 0.6) is 0 Å². The fraction of sp³-hybridized carbons (Fsp3) is 1.00. The monoisotopic (exact) mass is 294 g/mol. The quantitative estimate of drug-likeness (QED) is 0.589. The van der Waals surface area contributed by atoms with Crippen LogP contribution in [0, 0.1) is 22.7 Å². The van der Waals surface area contributed by atoms with E-state index in [9.17, 15) is 10.2 Å². The predicted octanol–water partition coefficient (Wildman–Crippen LogP) is 2.89. The van der Waals surface area contributed by atoms with E-state index in [1.807, 2.05) is 20.8 Å². The molecule has 0 amide bonds. The molecule has 0 saturated carbocycles. The van der Waals surface area contributed by atoms with Crippen LogP contribution in [0.3, 0.4) is 0 Å². The van der Waals surface area contributed by atoms with E-state index < -0.39 is 6.10 Å². The van der Waals surface area contributed by atoms with Crippen LogP contribution in [-0.2, 0) is 0 Å². The molecule has 0 rings (SSSR count). The highest BCUT2D eigenvalue weighted by Gasteiger charge is 2.40. The molecular formula is C14H30O2S2. The van der Waals surface area contributed by atoms with Gasteiger partial charge in [-0.3, -0.25) is 0 Å². The van der Waals surface area contributed by atoms with E-state index in [0.717, 1.165) is 0 Å². The Hall–Kier alpha value is 0.620. The fourth-order valence-corrected chi connectivity index (χ4v) is 3.97. The smallest absolute Gasteiger partial charge is 0.0714 e. The van der Waals surface area contributed by atoms with Gasteiger partial charge in [0.2, 0.25) is 0 Å². The van der Waals surface area contributed by atoms with Crippen LogP contribution in [0.2, 0.25) is 0 Å². The van der Waals surface area contributed by atoms with Gasteiger partial charge >= 0.3 is 0 Å². The summed E-state index contributed by atoms with van der Waals surface area (Å²) >= 11 is 9.00. The normalized spacial score (nSPS) is 20.3. The fourth-order valence-electron chi connectivity index (χ4n) is 2.26. The summed E-state index contributed by atoms with van der Waals surface area (Å²) in [5, 5.41) is 19.9. The van der Waals surface area contributed by atoms with Crippen molar-refractivity contribution in [1.82, 2.24) is 0 Å². The number of aliphatic hydroxyl groups is 2. The predicted molar refractivity (Wildman–Crippen MR) is 85.6 cm³/mol. The Morgan fingerprint density at radius 1 is 0.944 bits per heavy atom. The van der Waals surface area contributed by atoms with Crippen molar-refractivity contribution in [3.63, 3.8) is 0 Å². The Morgan fingerprint density at radius 2 is 1.33 bits per heavy atom. The van der Waals surface area contributed by atoms with Crippen LogP contribution in [0.1, 0.15) is 41.5 Å². The zero-order valence-corrected chi connectivity index (χ0v) is 14.3. The average molecular weight is 295 g/mol. The van der Waals surface area contributed by atoms with Gasteiger partial charge in [0.1, 0.15) is 0 Å². The molecule has 4 heteroatoms. The summed E-state index contributed by atoms with van der Waals surface area (Å²) < 4.78 is 0. The molecule has 0 aromatic rings. The topological polar surface area (TPSA) is 40.5 Å². The first kappa shape index (κ1) is 18.6. The molecule has 0 aromatic heterocycles. The number of rotatable bonds is 5. The van der Waals surface area contributed by atoms with Crippen LogP contribution in [-0.4, -0.2) is 33.9 Å². The Balaban J connectivity index is 5.01. The summed E-state index contributed by atoms with van der Waals surface area (Å²) in [5.41, 5.74) is -0.110. The van der Waals surface area contributed by atoms with Gasteiger partial charge in [0.25, 0.3) is 0 Å². The summed E-state index contributed by atoms with van der Waals surface area (Å²) in [7, 11) is 0. The van der Waals surface area contributed by atoms with Crippen molar-refractivity contribution in [3.05, 3.63) is 0 Å². The highest BCUT2D eigenvalue weighted by atomic mass is 32.1. The lowest BCUT2D eigenvalue weighted by Crippen LogP contribution is -2.46. The van der Waals surface area contributed by atoms with Gasteiger partial charge in [-0.1, -0.05) is 41.5 Å². The molecule has 110 valence electrons. The molecule has 0 heterocycles. The second-order valence-electron chi connectivity index (χ2n) is 7.29. The summed E-state index contributed by atoms with van der Waals surface area (Å²) in [6.07, 6.45) is -0.630. The van der Waals surface area contributed by atoms with E-state index in [1.54, 1.807) is 0 Å². The summed E-state index contributed by atoms with van der Waals surface area (Å²) in [6, 6.07) is 0. The average Bonchev–Trinajstić information content (AvgIpc) is 2.14. The Morgan fingerprint density at radius 3 is 1.56 bits per heavy atom. The molecular weight excluding hydrogens is 264 g/mol. The SMILES string of the molecule is CC(C)(C)C(CO)C(O)C(S)C(CS)C(C)(C)C.